The van der Waals surface area contributed by atoms with Gasteiger partial charge in [0.1, 0.15) is 0 Å². The van der Waals surface area contributed by atoms with Gasteiger partial charge in [-0.2, -0.15) is 0 Å². The van der Waals surface area contributed by atoms with E-state index in [1.54, 1.807) is 28.2 Å². The van der Waals surface area contributed by atoms with Crippen molar-refractivity contribution >= 4 is 31.4 Å². The van der Waals surface area contributed by atoms with Crippen LogP contribution >= 0.6 is 11.3 Å². The molecule has 0 atom stereocenters. The largest absolute Gasteiger partial charge is 0.295 e. The van der Waals surface area contributed by atoms with E-state index >= 15 is 0 Å². The third-order valence-electron chi connectivity index (χ3n) is 5.63. The minimum atomic E-state index is -3.20. The highest BCUT2D eigenvalue weighted by Crippen LogP contribution is 2.25. The Hall–Kier alpha value is -2.75. The maximum absolute atomic E-state index is 13.1. The number of hydrogen-bond donors (Lipinski definition) is 1. The van der Waals surface area contributed by atoms with E-state index in [0.29, 0.717) is 18.0 Å². The average Bonchev–Trinajstić information content (AvgIpc) is 3.26. The predicted octanol–water partition coefficient (Wildman–Crippen LogP) is 3.05. The van der Waals surface area contributed by atoms with Gasteiger partial charge in [0, 0.05) is 38.0 Å². The molecule has 2 aromatic carbocycles. The van der Waals surface area contributed by atoms with Gasteiger partial charge in [-0.1, -0.05) is 12.1 Å². The fraction of sp³-hybridized carbons (Fsp3) is 0.273. The maximum Gasteiger partial charge on any atom is 0.275 e. The molecule has 0 bridgehead atoms. The van der Waals surface area contributed by atoms with Crippen molar-refractivity contribution in [2.45, 2.75) is 31.3 Å². The van der Waals surface area contributed by atoms with E-state index in [0.717, 1.165) is 50.7 Å². The zero-order valence-electron chi connectivity index (χ0n) is 17.3. The average molecular weight is 455 g/mol. The van der Waals surface area contributed by atoms with Crippen LogP contribution in [0.3, 0.4) is 0 Å². The summed E-state index contributed by atoms with van der Waals surface area (Å²) in [4.78, 5) is 20.2. The van der Waals surface area contributed by atoms with Gasteiger partial charge in [0.15, 0.2) is 9.84 Å². The Labute approximate surface area is 183 Å². The van der Waals surface area contributed by atoms with Crippen LogP contribution in [-0.4, -0.2) is 40.9 Å². The number of nitrogens with zero attached hydrogens (tertiary/aromatic N) is 3. The molecule has 0 saturated heterocycles. The second-order valence-corrected chi connectivity index (χ2v) is 11.2. The monoisotopic (exact) mass is 454 g/mol. The number of fused-ring (bicyclic) bond motifs is 2. The fourth-order valence-electron chi connectivity index (χ4n) is 4.04. The Balaban J connectivity index is 1.39. The molecule has 9 heteroatoms. The third kappa shape index (κ3) is 3.84. The Morgan fingerprint density at radius 2 is 1.94 bits per heavy atom. The number of H-pyrrole nitrogens is 1. The molecule has 1 aliphatic rings. The van der Waals surface area contributed by atoms with Crippen molar-refractivity contribution in [2.24, 2.45) is 0 Å². The number of sulfone groups is 1. The van der Waals surface area contributed by atoms with Crippen LogP contribution in [0.25, 0.3) is 15.9 Å². The van der Waals surface area contributed by atoms with Gasteiger partial charge >= 0.3 is 0 Å². The molecule has 4 aromatic rings. The Kier molecular flexibility index (Phi) is 4.84. The molecule has 5 rings (SSSR count). The molecule has 7 nitrogen and oxygen atoms in total. The summed E-state index contributed by atoms with van der Waals surface area (Å²) >= 11 is 1.62. The van der Waals surface area contributed by atoms with Gasteiger partial charge in [-0.15, -0.1) is 11.3 Å². The lowest BCUT2D eigenvalue weighted by atomic mass is 10.1. The molecule has 3 heterocycles. The fourth-order valence-corrected chi connectivity index (χ4v) is 5.53. The maximum atomic E-state index is 13.1. The molecule has 160 valence electrons. The Morgan fingerprint density at radius 1 is 1.16 bits per heavy atom. The number of rotatable bonds is 4. The highest BCUT2D eigenvalue weighted by Gasteiger charge is 2.23. The second kappa shape index (κ2) is 7.44. The number of aromatic amines is 1. The number of aromatic nitrogens is 3. The first-order chi connectivity index (χ1) is 14.8. The van der Waals surface area contributed by atoms with Crippen LogP contribution in [0.5, 0.6) is 0 Å². The lowest BCUT2D eigenvalue weighted by Gasteiger charge is -2.25. The van der Waals surface area contributed by atoms with E-state index in [9.17, 15) is 13.2 Å². The minimum absolute atomic E-state index is 0.0206. The number of thiazole rings is 1. The van der Waals surface area contributed by atoms with Crippen molar-refractivity contribution in [3.63, 3.8) is 0 Å². The zero-order chi connectivity index (χ0) is 21.8. The van der Waals surface area contributed by atoms with Gasteiger partial charge in [0.25, 0.3) is 5.56 Å². The first kappa shape index (κ1) is 20.2. The smallest absolute Gasteiger partial charge is 0.275 e. The standard InChI is InChI=1S/C22H22N4O3S2/c1-14-23-20-8-5-16(11-21(20)30-14)26-22(27)18-13-25(10-9-19(18)24-26)12-15-3-6-17(7-4-15)31(2,28)29/h3-8,11,24H,9-10,12-13H2,1-2H3. The van der Waals surface area contributed by atoms with Crippen LogP contribution in [0, 0.1) is 6.92 Å². The SMILES string of the molecule is Cc1nc2ccc(-n3[nH]c4c(c3=O)CN(Cc3ccc(S(C)(=O)=O)cc3)CC4)cc2s1. The van der Waals surface area contributed by atoms with Crippen LogP contribution in [-0.2, 0) is 29.3 Å². The van der Waals surface area contributed by atoms with Crippen molar-refractivity contribution in [1.29, 1.82) is 0 Å². The molecule has 0 fully saturated rings. The molecule has 1 N–H and O–H groups in total. The van der Waals surface area contributed by atoms with Crippen molar-refractivity contribution in [1.82, 2.24) is 19.7 Å². The van der Waals surface area contributed by atoms with Gasteiger partial charge in [0.05, 0.1) is 31.4 Å². The summed E-state index contributed by atoms with van der Waals surface area (Å²) in [7, 11) is -3.20. The highest BCUT2D eigenvalue weighted by molar-refractivity contribution is 7.90. The second-order valence-electron chi connectivity index (χ2n) is 7.97. The van der Waals surface area contributed by atoms with Crippen LogP contribution in [0.2, 0.25) is 0 Å². The summed E-state index contributed by atoms with van der Waals surface area (Å²) in [5, 5.41) is 4.30. The van der Waals surface area contributed by atoms with Crippen molar-refractivity contribution in [3.05, 3.63) is 74.6 Å². The van der Waals surface area contributed by atoms with E-state index in [-0.39, 0.29) is 5.56 Å². The Bertz CT molecular complexity index is 1450. The zero-order valence-corrected chi connectivity index (χ0v) is 18.9. The molecule has 2 aromatic heterocycles. The Morgan fingerprint density at radius 3 is 2.68 bits per heavy atom. The van der Waals surface area contributed by atoms with Gasteiger partial charge in [-0.25, -0.2) is 18.1 Å². The van der Waals surface area contributed by atoms with Crippen molar-refractivity contribution < 1.29 is 8.42 Å². The van der Waals surface area contributed by atoms with E-state index < -0.39 is 9.84 Å². The number of nitrogens with one attached hydrogen (secondary N) is 1. The molecule has 1 aliphatic heterocycles. The van der Waals surface area contributed by atoms with E-state index in [4.69, 9.17) is 0 Å². The van der Waals surface area contributed by atoms with E-state index in [1.807, 2.05) is 37.3 Å². The number of benzene rings is 2. The summed E-state index contributed by atoms with van der Waals surface area (Å²) in [5.41, 5.74) is 4.54. The molecule has 0 amide bonds. The van der Waals surface area contributed by atoms with Crippen LogP contribution < -0.4 is 5.56 Å². The van der Waals surface area contributed by atoms with Gasteiger partial charge in [-0.05, 0) is 42.8 Å². The molecule has 0 aliphatic carbocycles. The molecule has 31 heavy (non-hydrogen) atoms. The summed E-state index contributed by atoms with van der Waals surface area (Å²) in [6, 6.07) is 12.8. The molecule has 0 saturated carbocycles. The van der Waals surface area contributed by atoms with Crippen LogP contribution in [0.4, 0.5) is 0 Å². The van der Waals surface area contributed by atoms with Crippen LogP contribution in [0.1, 0.15) is 21.8 Å². The quantitative estimate of drug-likeness (QED) is 0.512. The number of aryl methyl sites for hydroxylation is 1. The molecular formula is C22H22N4O3S2. The van der Waals surface area contributed by atoms with Gasteiger partial charge in [0.2, 0.25) is 0 Å². The van der Waals surface area contributed by atoms with Gasteiger partial charge < -0.3 is 0 Å². The third-order valence-corrected chi connectivity index (χ3v) is 7.69. The minimum Gasteiger partial charge on any atom is -0.295 e. The highest BCUT2D eigenvalue weighted by atomic mass is 32.2. The summed E-state index contributed by atoms with van der Waals surface area (Å²) in [6.45, 7) is 4.04. The first-order valence-electron chi connectivity index (χ1n) is 9.99. The molecule has 0 unspecified atom stereocenters. The van der Waals surface area contributed by atoms with E-state index in [1.165, 1.54) is 6.26 Å². The first-order valence-corrected chi connectivity index (χ1v) is 12.7. The summed E-state index contributed by atoms with van der Waals surface area (Å²) in [5.74, 6) is 0. The molecular weight excluding hydrogens is 432 g/mol. The predicted molar refractivity (Wildman–Crippen MR) is 122 cm³/mol. The normalized spacial score (nSPS) is 14.8. The topological polar surface area (TPSA) is 88.1 Å². The summed E-state index contributed by atoms with van der Waals surface area (Å²) < 4.78 is 26.0. The number of hydrogen-bond acceptors (Lipinski definition) is 6. The van der Waals surface area contributed by atoms with Crippen molar-refractivity contribution in [2.75, 3.05) is 12.8 Å². The van der Waals surface area contributed by atoms with E-state index in [2.05, 4.69) is 15.0 Å². The summed E-state index contributed by atoms with van der Waals surface area (Å²) in [6.07, 6.45) is 1.97. The molecule has 0 radical (unpaired) electrons. The van der Waals surface area contributed by atoms with Crippen LogP contribution in [0.15, 0.2) is 52.2 Å². The lowest BCUT2D eigenvalue weighted by Crippen LogP contribution is -2.32. The van der Waals surface area contributed by atoms with Crippen molar-refractivity contribution in [3.8, 4) is 5.69 Å². The van der Waals surface area contributed by atoms with Gasteiger partial charge in [-0.3, -0.25) is 14.8 Å². The molecule has 0 spiro atoms. The lowest BCUT2D eigenvalue weighted by molar-refractivity contribution is 0.244.